The third kappa shape index (κ3) is 8.49. The highest BCUT2D eigenvalue weighted by molar-refractivity contribution is 6.48. The molecule has 3 nitrogen and oxygen atoms in total. The molecule has 37 heavy (non-hydrogen) atoms. The lowest BCUT2D eigenvalue weighted by atomic mass is 9.95. The Kier molecular flexibility index (Phi) is 10.3. The Morgan fingerprint density at radius 2 is 1.59 bits per heavy atom. The molecule has 1 unspecified atom stereocenters. The molecule has 0 heterocycles. The van der Waals surface area contributed by atoms with E-state index in [2.05, 4.69) is 5.43 Å². The van der Waals surface area contributed by atoms with Crippen LogP contribution >= 0.6 is 34.8 Å². The van der Waals surface area contributed by atoms with E-state index in [0.29, 0.717) is 19.0 Å². The molecule has 1 N–H and O–H groups in total. The number of hydrogen-bond acceptors (Lipinski definition) is 2. The van der Waals surface area contributed by atoms with E-state index in [4.69, 9.17) is 34.8 Å². The summed E-state index contributed by atoms with van der Waals surface area (Å²) in [6.45, 7) is 4.22. The van der Waals surface area contributed by atoms with Crippen LogP contribution in [0.4, 0.5) is 30.7 Å². The van der Waals surface area contributed by atoms with Crippen molar-refractivity contribution in [3.05, 3.63) is 73.7 Å². The molecule has 1 atom stereocenters. The van der Waals surface area contributed by atoms with Crippen LogP contribution in [-0.2, 0) is 6.18 Å². The molecular weight excluding hydrogens is 572 g/mol. The molecule has 1 amide bonds. The van der Waals surface area contributed by atoms with Crippen LogP contribution in [0.3, 0.4) is 0 Å². The normalized spacial score (nSPS) is 13.9. The third-order valence-electron chi connectivity index (χ3n) is 5.21. The Labute approximate surface area is 224 Å². The Morgan fingerprint density at radius 1 is 1.03 bits per heavy atom. The molecule has 2 rings (SSSR count). The summed E-state index contributed by atoms with van der Waals surface area (Å²) in [5.41, 5.74) is -1.40. The Balaban J connectivity index is 2.49. The highest BCUT2D eigenvalue weighted by Crippen LogP contribution is 2.42. The maximum Gasteiger partial charge on any atom is 0.417 e. The van der Waals surface area contributed by atoms with Gasteiger partial charge in [0.1, 0.15) is 11.7 Å². The predicted octanol–water partition coefficient (Wildman–Crippen LogP) is 8.94. The summed E-state index contributed by atoms with van der Waals surface area (Å²) < 4.78 is 97.4. The third-order valence-corrected chi connectivity index (χ3v) is 6.41. The van der Waals surface area contributed by atoms with Gasteiger partial charge in [0.15, 0.2) is 0 Å². The van der Waals surface area contributed by atoms with Crippen molar-refractivity contribution in [2.45, 2.75) is 38.5 Å². The quantitative estimate of drug-likeness (QED) is 0.188. The first kappa shape index (κ1) is 31.2. The van der Waals surface area contributed by atoms with E-state index in [9.17, 15) is 35.5 Å². The molecule has 0 aliphatic rings. The van der Waals surface area contributed by atoms with Gasteiger partial charge in [0, 0.05) is 19.2 Å². The topological polar surface area (TPSA) is 32.3 Å². The summed E-state index contributed by atoms with van der Waals surface area (Å²) in [6, 6.07) is 3.45. The largest absolute Gasteiger partial charge is 0.417 e. The number of hydrogen-bond donors (Lipinski definition) is 1. The number of benzene rings is 2. The maximum absolute atomic E-state index is 15.0. The maximum atomic E-state index is 15.0. The number of carbonyl (C=O) groups excluding carboxylic acids is 1. The fourth-order valence-corrected chi connectivity index (χ4v) is 3.86. The van der Waals surface area contributed by atoms with Crippen molar-refractivity contribution >= 4 is 46.5 Å². The zero-order valence-corrected chi connectivity index (χ0v) is 21.9. The van der Waals surface area contributed by atoms with Crippen LogP contribution in [0.2, 0.25) is 15.1 Å². The second kappa shape index (κ2) is 12.2. The summed E-state index contributed by atoms with van der Waals surface area (Å²) in [6.07, 6.45) is -9.39. The van der Waals surface area contributed by atoms with Gasteiger partial charge in [0.2, 0.25) is 0 Å². The molecule has 0 radical (unpaired) electrons. The van der Waals surface area contributed by atoms with Crippen molar-refractivity contribution in [1.82, 2.24) is 10.4 Å². The fourth-order valence-electron chi connectivity index (χ4n) is 3.24. The fraction of sp³-hybridized carbons (Fsp3) is 0.375. The smallest absolute Gasteiger partial charge is 0.285 e. The van der Waals surface area contributed by atoms with Crippen LogP contribution < -0.4 is 5.43 Å². The second-order valence-electron chi connectivity index (χ2n) is 8.64. The van der Waals surface area contributed by atoms with Crippen LogP contribution in [0.25, 0.3) is 5.83 Å². The number of amides is 1. The molecule has 0 aromatic heterocycles. The van der Waals surface area contributed by atoms with E-state index in [1.807, 2.05) is 13.8 Å². The molecule has 0 aliphatic carbocycles. The van der Waals surface area contributed by atoms with Gasteiger partial charge in [-0.05, 0) is 48.2 Å². The molecule has 2 aromatic rings. The molecule has 0 saturated heterocycles. The predicted molar refractivity (Wildman–Crippen MR) is 130 cm³/mol. The Morgan fingerprint density at radius 3 is 2.08 bits per heavy atom. The summed E-state index contributed by atoms with van der Waals surface area (Å²) in [5.74, 6) is -5.03. The number of nitrogens with one attached hydrogen (secondary N) is 1. The van der Waals surface area contributed by atoms with Gasteiger partial charge in [0.25, 0.3) is 5.91 Å². The van der Waals surface area contributed by atoms with Crippen molar-refractivity contribution in [1.29, 1.82) is 0 Å². The van der Waals surface area contributed by atoms with E-state index in [1.165, 1.54) is 12.1 Å². The molecule has 0 spiro atoms. The van der Waals surface area contributed by atoms with Gasteiger partial charge in [0.05, 0.1) is 26.2 Å². The molecule has 0 saturated carbocycles. The molecule has 0 bridgehead atoms. The number of halogens is 10. The molecule has 13 heteroatoms. The van der Waals surface area contributed by atoms with E-state index < -0.39 is 52.3 Å². The number of alkyl halides is 6. The number of carbonyl (C=O) groups is 1. The first-order valence-corrected chi connectivity index (χ1v) is 11.9. The van der Waals surface area contributed by atoms with Gasteiger partial charge in [-0.2, -0.15) is 26.3 Å². The van der Waals surface area contributed by atoms with Crippen molar-refractivity contribution in [2.24, 2.45) is 5.92 Å². The minimum Gasteiger partial charge on any atom is -0.285 e. The number of allylic oxidation sites excluding steroid dienone is 1. The number of rotatable bonds is 8. The van der Waals surface area contributed by atoms with Gasteiger partial charge in [-0.15, -0.1) is 0 Å². The van der Waals surface area contributed by atoms with Gasteiger partial charge in [-0.3, -0.25) is 10.2 Å². The monoisotopic (exact) mass is 592 g/mol. The number of hydrazine groups is 1. The summed E-state index contributed by atoms with van der Waals surface area (Å²) in [4.78, 5) is 12.5. The zero-order chi connectivity index (χ0) is 28.3. The van der Waals surface area contributed by atoms with Crippen molar-refractivity contribution in [3.8, 4) is 0 Å². The van der Waals surface area contributed by atoms with E-state index >= 15 is 0 Å². The zero-order valence-electron chi connectivity index (χ0n) is 19.7. The average molecular weight is 594 g/mol. The highest BCUT2D eigenvalue weighted by Gasteiger charge is 2.41. The molecule has 2 aromatic carbocycles. The average Bonchev–Trinajstić information content (AvgIpc) is 2.77. The van der Waals surface area contributed by atoms with Crippen LogP contribution in [0.1, 0.15) is 53.2 Å². The van der Waals surface area contributed by atoms with E-state index in [0.717, 1.165) is 18.2 Å². The SMILES string of the molecule is CC(C)CCN(C)NC(=O)c1ccc(/C(F)=C/C(c2cc(Cl)c(Cl)c(Cl)c2)C(F)(F)F)cc1C(F)(F)F. The Hall–Kier alpha value is -2.01. The first-order chi connectivity index (χ1) is 16.9. The molecular formula is C24H22Cl3F7N2O. The highest BCUT2D eigenvalue weighted by atomic mass is 35.5. The molecule has 204 valence electrons. The van der Waals surface area contributed by atoms with Gasteiger partial charge in [-0.1, -0.05) is 54.7 Å². The van der Waals surface area contributed by atoms with Crippen LogP contribution in [-0.4, -0.2) is 30.7 Å². The van der Waals surface area contributed by atoms with E-state index in [1.54, 1.807) is 0 Å². The summed E-state index contributed by atoms with van der Waals surface area (Å²) >= 11 is 17.3. The summed E-state index contributed by atoms with van der Waals surface area (Å²) in [7, 11) is 1.47. The lowest BCUT2D eigenvalue weighted by molar-refractivity contribution is -0.140. The van der Waals surface area contributed by atoms with Gasteiger partial charge < -0.3 is 0 Å². The summed E-state index contributed by atoms with van der Waals surface area (Å²) in [5, 5.41) is 0.462. The number of nitrogens with zero attached hydrogens (tertiary/aromatic N) is 1. The van der Waals surface area contributed by atoms with Gasteiger partial charge in [-0.25, -0.2) is 9.40 Å². The van der Waals surface area contributed by atoms with E-state index in [-0.39, 0.29) is 33.1 Å². The molecule has 0 fully saturated rings. The minimum atomic E-state index is -5.10. The van der Waals surface area contributed by atoms with Crippen molar-refractivity contribution < 1.29 is 35.5 Å². The van der Waals surface area contributed by atoms with Crippen LogP contribution in [0, 0.1) is 5.92 Å². The minimum absolute atomic E-state index is 0.102. The van der Waals surface area contributed by atoms with Gasteiger partial charge >= 0.3 is 12.4 Å². The van der Waals surface area contributed by atoms with Crippen molar-refractivity contribution in [2.75, 3.05) is 13.6 Å². The van der Waals surface area contributed by atoms with Crippen LogP contribution in [0.5, 0.6) is 0 Å². The lowest BCUT2D eigenvalue weighted by Gasteiger charge is -2.21. The van der Waals surface area contributed by atoms with Crippen LogP contribution in [0.15, 0.2) is 36.4 Å². The lowest BCUT2D eigenvalue weighted by Crippen LogP contribution is -2.40. The first-order valence-electron chi connectivity index (χ1n) is 10.7. The molecule has 0 aliphatic heterocycles. The standard InChI is InChI=1S/C24H22Cl3F7N2O/c1-12(2)6-7-36(3)35-22(37)15-5-4-13(8-17(15)24(32,33)34)20(28)11-16(23(29,30)31)14-9-18(25)21(27)19(26)10-14/h4-5,8-12,16H,6-7H2,1-3H3,(H,35,37)/b20-11-. The Bertz CT molecular complexity index is 1140. The van der Waals surface area contributed by atoms with Crippen molar-refractivity contribution in [3.63, 3.8) is 0 Å². The second-order valence-corrected chi connectivity index (χ2v) is 9.83.